The van der Waals surface area contributed by atoms with Crippen molar-refractivity contribution in [2.75, 3.05) is 13.1 Å². The maximum Gasteiger partial charge on any atom is 0.215 e. The van der Waals surface area contributed by atoms with Gasteiger partial charge in [0.15, 0.2) is 0 Å². The molecule has 0 spiro atoms. The molecule has 0 aliphatic carbocycles. The van der Waals surface area contributed by atoms with Gasteiger partial charge in [0, 0.05) is 18.0 Å². The largest absolute Gasteiger partial charge is 0.316 e. The second-order valence-corrected chi connectivity index (χ2v) is 7.20. The Labute approximate surface area is 107 Å². The van der Waals surface area contributed by atoms with Crippen LogP contribution in [0.25, 0.3) is 0 Å². The Kier molecular flexibility index (Phi) is 5.58. The molecule has 1 aromatic heterocycles. The van der Waals surface area contributed by atoms with Crippen LogP contribution in [0.4, 0.5) is 0 Å². The van der Waals surface area contributed by atoms with Gasteiger partial charge in [-0.25, -0.2) is 13.1 Å². The molecule has 2 N–H and O–H groups in total. The summed E-state index contributed by atoms with van der Waals surface area (Å²) in [6.45, 7) is 7.32. The van der Waals surface area contributed by atoms with Crippen molar-refractivity contribution < 1.29 is 8.42 Å². The highest BCUT2D eigenvalue weighted by Crippen LogP contribution is 2.15. The summed E-state index contributed by atoms with van der Waals surface area (Å²) in [6.07, 6.45) is 0. The van der Waals surface area contributed by atoms with Gasteiger partial charge in [-0.1, -0.05) is 6.92 Å². The number of sulfonamides is 1. The minimum absolute atomic E-state index is 0.391. The SMILES string of the molecule is CCNCC(C)S(=O)(=O)NCc1sccc1C. The van der Waals surface area contributed by atoms with Gasteiger partial charge in [0.1, 0.15) is 0 Å². The highest BCUT2D eigenvalue weighted by Gasteiger charge is 2.19. The first-order valence-corrected chi connectivity index (χ1v) is 8.12. The van der Waals surface area contributed by atoms with E-state index in [0.29, 0.717) is 13.1 Å². The summed E-state index contributed by atoms with van der Waals surface area (Å²) in [5, 5.41) is 4.60. The molecule has 0 saturated heterocycles. The average molecular weight is 276 g/mol. The van der Waals surface area contributed by atoms with Crippen LogP contribution in [-0.4, -0.2) is 26.8 Å². The zero-order valence-electron chi connectivity index (χ0n) is 10.5. The van der Waals surface area contributed by atoms with Gasteiger partial charge >= 0.3 is 0 Å². The summed E-state index contributed by atoms with van der Waals surface area (Å²) in [5.74, 6) is 0. The molecule has 0 radical (unpaired) electrons. The van der Waals surface area contributed by atoms with Crippen LogP contribution in [0.5, 0.6) is 0 Å². The van der Waals surface area contributed by atoms with Crippen LogP contribution in [-0.2, 0) is 16.6 Å². The van der Waals surface area contributed by atoms with E-state index in [1.165, 1.54) is 0 Å². The smallest absolute Gasteiger partial charge is 0.215 e. The summed E-state index contributed by atoms with van der Waals surface area (Å²) in [7, 11) is -3.23. The second-order valence-electron chi connectivity index (χ2n) is 4.01. The minimum atomic E-state index is -3.23. The third-order valence-electron chi connectivity index (χ3n) is 2.61. The average Bonchev–Trinajstić information content (AvgIpc) is 2.69. The molecule has 0 amide bonds. The lowest BCUT2D eigenvalue weighted by atomic mass is 10.3. The molecule has 0 saturated carbocycles. The van der Waals surface area contributed by atoms with Gasteiger partial charge in [-0.15, -0.1) is 11.3 Å². The van der Waals surface area contributed by atoms with E-state index >= 15 is 0 Å². The van der Waals surface area contributed by atoms with Crippen molar-refractivity contribution in [3.63, 3.8) is 0 Å². The van der Waals surface area contributed by atoms with E-state index in [1.807, 2.05) is 25.3 Å². The first-order chi connectivity index (χ1) is 7.97. The molecule has 17 heavy (non-hydrogen) atoms. The van der Waals surface area contributed by atoms with Crippen molar-refractivity contribution in [3.05, 3.63) is 21.9 Å². The lowest BCUT2D eigenvalue weighted by Gasteiger charge is -2.14. The first kappa shape index (κ1) is 14.6. The zero-order valence-corrected chi connectivity index (χ0v) is 12.1. The number of thiophene rings is 1. The molecule has 0 aliphatic heterocycles. The summed E-state index contributed by atoms with van der Waals surface area (Å²) in [6, 6.07) is 2.00. The number of rotatable bonds is 7. The van der Waals surface area contributed by atoms with Gasteiger partial charge in [-0.3, -0.25) is 0 Å². The molecule has 0 fully saturated rings. The molecule has 1 aromatic rings. The predicted molar refractivity (Wildman–Crippen MR) is 72.8 cm³/mol. The fourth-order valence-electron chi connectivity index (χ4n) is 1.35. The van der Waals surface area contributed by atoms with Crippen molar-refractivity contribution in [3.8, 4) is 0 Å². The van der Waals surface area contributed by atoms with Gasteiger partial charge in [0.2, 0.25) is 10.0 Å². The molecule has 98 valence electrons. The van der Waals surface area contributed by atoms with E-state index in [4.69, 9.17) is 0 Å². The molecular formula is C11H20N2O2S2. The van der Waals surface area contributed by atoms with Gasteiger partial charge in [-0.2, -0.15) is 0 Å². The second kappa shape index (κ2) is 6.49. The topological polar surface area (TPSA) is 58.2 Å². The monoisotopic (exact) mass is 276 g/mol. The number of nitrogens with one attached hydrogen (secondary N) is 2. The lowest BCUT2D eigenvalue weighted by Crippen LogP contribution is -2.38. The summed E-state index contributed by atoms with van der Waals surface area (Å²) >= 11 is 1.58. The van der Waals surface area contributed by atoms with Crippen LogP contribution in [0.3, 0.4) is 0 Å². The fraction of sp³-hybridized carbons (Fsp3) is 0.636. The molecule has 6 heteroatoms. The molecule has 1 atom stereocenters. The standard InChI is InChI=1S/C11H20N2O2S2/c1-4-12-7-10(3)17(14,15)13-8-11-9(2)5-6-16-11/h5-6,10,12-13H,4,7-8H2,1-3H3. The maximum absolute atomic E-state index is 11.9. The third-order valence-corrected chi connectivity index (χ3v) is 5.41. The Hall–Kier alpha value is -0.430. The third kappa shape index (κ3) is 4.39. The Balaban J connectivity index is 2.52. The van der Waals surface area contributed by atoms with Crippen LogP contribution in [0.2, 0.25) is 0 Å². The van der Waals surface area contributed by atoms with E-state index in [-0.39, 0.29) is 0 Å². The van der Waals surface area contributed by atoms with E-state index in [2.05, 4.69) is 10.0 Å². The van der Waals surface area contributed by atoms with Gasteiger partial charge in [-0.05, 0) is 37.4 Å². The summed E-state index contributed by atoms with van der Waals surface area (Å²) in [4.78, 5) is 1.07. The molecular weight excluding hydrogens is 256 g/mol. The Morgan fingerprint density at radius 1 is 1.47 bits per heavy atom. The van der Waals surface area contributed by atoms with Crippen LogP contribution in [0.1, 0.15) is 24.3 Å². The van der Waals surface area contributed by atoms with Gasteiger partial charge in [0.25, 0.3) is 0 Å². The van der Waals surface area contributed by atoms with Crippen LogP contribution >= 0.6 is 11.3 Å². The number of aryl methyl sites for hydroxylation is 1. The highest BCUT2D eigenvalue weighted by atomic mass is 32.2. The quantitative estimate of drug-likeness (QED) is 0.793. The molecule has 0 aromatic carbocycles. The molecule has 1 rings (SSSR count). The molecule has 1 unspecified atom stereocenters. The maximum atomic E-state index is 11.9. The Morgan fingerprint density at radius 3 is 2.71 bits per heavy atom. The zero-order chi connectivity index (χ0) is 12.9. The lowest BCUT2D eigenvalue weighted by molar-refractivity contribution is 0.560. The van der Waals surface area contributed by atoms with Crippen LogP contribution < -0.4 is 10.0 Å². The number of hydrogen-bond donors (Lipinski definition) is 2. The van der Waals surface area contributed by atoms with Crippen LogP contribution in [0, 0.1) is 6.92 Å². The highest BCUT2D eigenvalue weighted by molar-refractivity contribution is 7.90. The summed E-state index contributed by atoms with van der Waals surface area (Å²) in [5.41, 5.74) is 1.14. The van der Waals surface area contributed by atoms with E-state index in [9.17, 15) is 8.42 Å². The predicted octanol–water partition coefficient (Wildman–Crippen LogP) is 1.47. The molecule has 1 heterocycles. The summed E-state index contributed by atoms with van der Waals surface area (Å²) < 4.78 is 26.4. The van der Waals surface area contributed by atoms with Gasteiger partial charge in [0.05, 0.1) is 5.25 Å². The van der Waals surface area contributed by atoms with Crippen molar-refractivity contribution in [1.29, 1.82) is 0 Å². The van der Waals surface area contributed by atoms with Crippen molar-refractivity contribution in [1.82, 2.24) is 10.0 Å². The molecule has 4 nitrogen and oxygen atoms in total. The molecule has 0 aliphatic rings. The van der Waals surface area contributed by atoms with E-state index in [1.54, 1.807) is 18.3 Å². The minimum Gasteiger partial charge on any atom is -0.316 e. The Bertz CT molecular complexity index is 440. The first-order valence-electron chi connectivity index (χ1n) is 5.69. The van der Waals surface area contributed by atoms with Crippen molar-refractivity contribution >= 4 is 21.4 Å². The van der Waals surface area contributed by atoms with Crippen molar-refractivity contribution in [2.45, 2.75) is 32.6 Å². The number of hydrogen-bond acceptors (Lipinski definition) is 4. The Morgan fingerprint density at radius 2 is 2.18 bits per heavy atom. The van der Waals surface area contributed by atoms with Crippen molar-refractivity contribution in [2.24, 2.45) is 0 Å². The normalized spacial score (nSPS) is 13.8. The van der Waals surface area contributed by atoms with E-state index in [0.717, 1.165) is 17.0 Å². The van der Waals surface area contributed by atoms with Gasteiger partial charge < -0.3 is 5.32 Å². The fourth-order valence-corrected chi connectivity index (χ4v) is 3.26. The van der Waals surface area contributed by atoms with E-state index < -0.39 is 15.3 Å². The molecule has 0 bridgehead atoms. The van der Waals surface area contributed by atoms with Crippen LogP contribution in [0.15, 0.2) is 11.4 Å².